The minimum Gasteiger partial charge on any atom is -0.485 e. The number of hydrogen-bond acceptors (Lipinski definition) is 5. The minimum atomic E-state index is -0.377. The van der Waals surface area contributed by atoms with Crippen molar-refractivity contribution in [1.82, 2.24) is 14.5 Å². The van der Waals surface area contributed by atoms with Gasteiger partial charge in [-0.15, -0.1) is 0 Å². The topological polar surface area (TPSA) is 86.1 Å². The van der Waals surface area contributed by atoms with E-state index in [-0.39, 0.29) is 18.0 Å². The van der Waals surface area contributed by atoms with Gasteiger partial charge >= 0.3 is 0 Å². The lowest BCUT2D eigenvalue weighted by Gasteiger charge is -2.12. The molecule has 1 amide bonds. The highest BCUT2D eigenvalue weighted by molar-refractivity contribution is 9.10. The van der Waals surface area contributed by atoms with Gasteiger partial charge in [0, 0.05) is 35.3 Å². The number of pyridine rings is 3. The van der Waals surface area contributed by atoms with E-state index in [9.17, 15) is 9.59 Å². The van der Waals surface area contributed by atoms with Crippen LogP contribution >= 0.6 is 15.9 Å². The number of carbonyl (C=O) groups is 1. The van der Waals surface area contributed by atoms with Crippen molar-refractivity contribution in [1.29, 1.82) is 0 Å². The SMILES string of the molecule is O=C(Cn1cc(Br)ccc1=O)Nc1ncccc1OCc1ccncc1. The van der Waals surface area contributed by atoms with E-state index >= 15 is 0 Å². The summed E-state index contributed by atoms with van der Waals surface area (Å²) in [5.41, 5.74) is 0.681. The van der Waals surface area contributed by atoms with Gasteiger partial charge in [0.2, 0.25) is 5.91 Å². The summed E-state index contributed by atoms with van der Waals surface area (Å²) in [6, 6.07) is 10.1. The smallest absolute Gasteiger partial charge is 0.251 e. The van der Waals surface area contributed by atoms with Gasteiger partial charge in [-0.25, -0.2) is 4.98 Å². The number of carbonyl (C=O) groups excluding carboxylic acids is 1. The molecular formula is C18H15BrN4O3. The van der Waals surface area contributed by atoms with Gasteiger partial charge in [0.1, 0.15) is 13.2 Å². The van der Waals surface area contributed by atoms with Crippen LogP contribution in [0.25, 0.3) is 0 Å². The van der Waals surface area contributed by atoms with Crippen molar-refractivity contribution in [3.8, 4) is 5.75 Å². The van der Waals surface area contributed by atoms with Crippen LogP contribution < -0.4 is 15.6 Å². The van der Waals surface area contributed by atoms with E-state index in [1.54, 1.807) is 43.0 Å². The first-order chi connectivity index (χ1) is 12.6. The highest BCUT2D eigenvalue weighted by atomic mass is 79.9. The van der Waals surface area contributed by atoms with Crippen LogP contribution in [0.4, 0.5) is 5.82 Å². The molecule has 3 aromatic rings. The summed E-state index contributed by atoms with van der Waals surface area (Å²) in [5, 5.41) is 2.68. The first kappa shape index (κ1) is 17.8. The van der Waals surface area contributed by atoms with Gasteiger partial charge in [-0.05, 0) is 51.8 Å². The highest BCUT2D eigenvalue weighted by Crippen LogP contribution is 2.22. The summed E-state index contributed by atoms with van der Waals surface area (Å²) < 4.78 is 7.75. The van der Waals surface area contributed by atoms with E-state index < -0.39 is 0 Å². The van der Waals surface area contributed by atoms with E-state index in [0.29, 0.717) is 22.6 Å². The Labute approximate surface area is 157 Å². The number of nitrogens with one attached hydrogen (secondary N) is 1. The van der Waals surface area contributed by atoms with Crippen molar-refractivity contribution in [3.63, 3.8) is 0 Å². The lowest BCUT2D eigenvalue weighted by atomic mass is 10.3. The Bertz CT molecular complexity index is 960. The van der Waals surface area contributed by atoms with E-state index in [1.807, 2.05) is 12.1 Å². The van der Waals surface area contributed by atoms with Gasteiger partial charge in [0.05, 0.1) is 0 Å². The maximum Gasteiger partial charge on any atom is 0.251 e. The molecule has 0 atom stereocenters. The lowest BCUT2D eigenvalue weighted by Crippen LogP contribution is -2.27. The molecule has 0 bridgehead atoms. The standard InChI is InChI=1S/C18H15BrN4O3/c19-14-3-4-17(25)23(10-14)11-16(24)22-18-15(2-1-7-21-18)26-12-13-5-8-20-9-6-13/h1-10H,11-12H2,(H,21,22,24). The van der Waals surface area contributed by atoms with Gasteiger partial charge < -0.3 is 14.6 Å². The second kappa shape index (κ2) is 8.39. The van der Waals surface area contributed by atoms with Crippen molar-refractivity contribution < 1.29 is 9.53 Å². The fourth-order valence-electron chi connectivity index (χ4n) is 2.19. The molecule has 26 heavy (non-hydrogen) atoms. The summed E-state index contributed by atoms with van der Waals surface area (Å²) in [4.78, 5) is 32.2. The molecule has 0 spiro atoms. The average Bonchev–Trinajstić information content (AvgIpc) is 2.65. The third kappa shape index (κ3) is 4.76. The van der Waals surface area contributed by atoms with E-state index in [0.717, 1.165) is 5.56 Å². The quantitative estimate of drug-likeness (QED) is 0.669. The number of anilines is 1. The Morgan fingerprint density at radius 3 is 2.77 bits per heavy atom. The van der Waals surface area contributed by atoms with Gasteiger partial charge in [0.25, 0.3) is 5.56 Å². The van der Waals surface area contributed by atoms with Gasteiger partial charge in [0.15, 0.2) is 11.6 Å². The summed E-state index contributed by atoms with van der Waals surface area (Å²) in [5.74, 6) is 0.367. The number of rotatable bonds is 6. The number of aromatic nitrogens is 3. The zero-order chi connectivity index (χ0) is 18.4. The Kier molecular flexibility index (Phi) is 5.75. The molecule has 3 rings (SSSR count). The van der Waals surface area contributed by atoms with Crippen molar-refractivity contribution in [3.05, 3.63) is 81.6 Å². The molecule has 0 radical (unpaired) electrons. The van der Waals surface area contributed by atoms with Crippen LogP contribution in [-0.4, -0.2) is 20.4 Å². The van der Waals surface area contributed by atoms with E-state index in [4.69, 9.17) is 4.74 Å². The number of ether oxygens (including phenoxy) is 1. The van der Waals surface area contributed by atoms with Crippen LogP contribution in [0.1, 0.15) is 5.56 Å². The molecule has 3 heterocycles. The Balaban J connectivity index is 1.68. The van der Waals surface area contributed by atoms with Crippen LogP contribution in [0.5, 0.6) is 5.75 Å². The van der Waals surface area contributed by atoms with Gasteiger partial charge in [-0.3, -0.25) is 14.6 Å². The normalized spacial score (nSPS) is 10.3. The molecule has 0 fully saturated rings. The lowest BCUT2D eigenvalue weighted by molar-refractivity contribution is -0.116. The Morgan fingerprint density at radius 1 is 1.15 bits per heavy atom. The number of hydrogen-bond donors (Lipinski definition) is 1. The molecule has 3 aromatic heterocycles. The molecule has 0 aliphatic carbocycles. The molecule has 8 heteroatoms. The van der Waals surface area contributed by atoms with Crippen molar-refractivity contribution in [2.45, 2.75) is 13.2 Å². The summed E-state index contributed by atoms with van der Waals surface area (Å²) >= 11 is 3.28. The number of halogens is 1. The predicted octanol–water partition coefficient (Wildman–Crippen LogP) is 2.62. The van der Waals surface area contributed by atoms with Crippen LogP contribution in [0.3, 0.4) is 0 Å². The van der Waals surface area contributed by atoms with Crippen molar-refractivity contribution >= 4 is 27.7 Å². The highest BCUT2D eigenvalue weighted by Gasteiger charge is 2.11. The zero-order valence-electron chi connectivity index (χ0n) is 13.6. The van der Waals surface area contributed by atoms with E-state index in [1.165, 1.54) is 10.6 Å². The largest absolute Gasteiger partial charge is 0.485 e. The summed E-state index contributed by atoms with van der Waals surface area (Å²) in [6.07, 6.45) is 6.47. The maximum atomic E-state index is 12.3. The zero-order valence-corrected chi connectivity index (χ0v) is 15.2. The Hall–Kier alpha value is -3.00. The molecule has 1 N–H and O–H groups in total. The maximum absolute atomic E-state index is 12.3. The third-order valence-corrected chi connectivity index (χ3v) is 3.90. The Morgan fingerprint density at radius 2 is 1.96 bits per heavy atom. The van der Waals surface area contributed by atoms with Crippen LogP contribution in [0.2, 0.25) is 0 Å². The second-order valence-electron chi connectivity index (χ2n) is 5.36. The van der Waals surface area contributed by atoms with Crippen molar-refractivity contribution in [2.75, 3.05) is 5.32 Å². The fourth-order valence-corrected chi connectivity index (χ4v) is 2.57. The third-order valence-electron chi connectivity index (χ3n) is 3.43. The monoisotopic (exact) mass is 414 g/mol. The first-order valence-electron chi connectivity index (χ1n) is 7.74. The molecular weight excluding hydrogens is 400 g/mol. The molecule has 0 saturated carbocycles. The van der Waals surface area contributed by atoms with Crippen LogP contribution in [0.15, 0.2) is 70.5 Å². The second-order valence-corrected chi connectivity index (χ2v) is 6.27. The van der Waals surface area contributed by atoms with Crippen LogP contribution in [-0.2, 0) is 17.9 Å². The summed E-state index contributed by atoms with van der Waals surface area (Å²) in [7, 11) is 0. The molecule has 132 valence electrons. The fraction of sp³-hybridized carbons (Fsp3) is 0.111. The van der Waals surface area contributed by atoms with E-state index in [2.05, 4.69) is 31.2 Å². The van der Waals surface area contributed by atoms with Crippen molar-refractivity contribution in [2.24, 2.45) is 0 Å². The number of nitrogens with zero attached hydrogens (tertiary/aromatic N) is 3. The molecule has 0 aliphatic heterocycles. The van der Waals surface area contributed by atoms with Crippen LogP contribution in [0, 0.1) is 0 Å². The summed E-state index contributed by atoms with van der Waals surface area (Å²) in [6.45, 7) is 0.195. The number of amides is 1. The molecule has 0 saturated heterocycles. The molecule has 0 aromatic carbocycles. The average molecular weight is 415 g/mol. The van der Waals surface area contributed by atoms with Gasteiger partial charge in [-0.1, -0.05) is 0 Å². The molecule has 7 nitrogen and oxygen atoms in total. The van der Waals surface area contributed by atoms with Gasteiger partial charge in [-0.2, -0.15) is 0 Å². The molecule has 0 aliphatic rings. The predicted molar refractivity (Wildman–Crippen MR) is 99.8 cm³/mol. The minimum absolute atomic E-state index is 0.126. The first-order valence-corrected chi connectivity index (χ1v) is 8.54. The molecule has 0 unspecified atom stereocenters.